The van der Waals surface area contributed by atoms with Crippen molar-refractivity contribution in [3.63, 3.8) is 0 Å². The fourth-order valence-corrected chi connectivity index (χ4v) is 7.03. The molecule has 21 heavy (non-hydrogen) atoms. The molecule has 4 rings (SSSR count). The van der Waals surface area contributed by atoms with Gasteiger partial charge in [0.25, 0.3) is 0 Å². The summed E-state index contributed by atoms with van der Waals surface area (Å²) in [6, 6.07) is 0. The van der Waals surface area contributed by atoms with Gasteiger partial charge < -0.3 is 0 Å². The van der Waals surface area contributed by atoms with Gasteiger partial charge in [0.2, 0.25) is 0 Å². The summed E-state index contributed by atoms with van der Waals surface area (Å²) in [4.78, 5) is 11.3. The Kier molecular flexibility index (Phi) is 3.14. The van der Waals surface area contributed by atoms with Gasteiger partial charge in [-0.05, 0) is 85.0 Å². The van der Waals surface area contributed by atoms with Crippen molar-refractivity contribution in [3.05, 3.63) is 11.6 Å². The van der Waals surface area contributed by atoms with E-state index in [9.17, 15) is 4.79 Å². The number of allylic oxidation sites excluding steroid dienone is 2. The molecule has 0 radical (unpaired) electrons. The minimum atomic E-state index is 0.329. The number of hydrogen-bond donors (Lipinski definition) is 0. The van der Waals surface area contributed by atoms with Crippen LogP contribution in [0.2, 0.25) is 0 Å². The maximum Gasteiger partial charge on any atom is 0.145 e. The van der Waals surface area contributed by atoms with Gasteiger partial charge in [0.05, 0.1) is 0 Å². The highest BCUT2D eigenvalue weighted by Gasteiger charge is 2.56. The normalized spacial score (nSPS) is 52.4. The van der Waals surface area contributed by atoms with Crippen LogP contribution in [-0.4, -0.2) is 6.29 Å². The third-order valence-corrected chi connectivity index (χ3v) is 8.14. The summed E-state index contributed by atoms with van der Waals surface area (Å²) in [7, 11) is 0. The molecule has 6 atom stereocenters. The number of carbonyl (C=O) groups excluding carboxylic acids is 1. The summed E-state index contributed by atoms with van der Waals surface area (Å²) in [5, 5.41) is 0. The highest BCUT2D eigenvalue weighted by atomic mass is 16.1. The minimum absolute atomic E-state index is 0.329. The second-order valence-electron chi connectivity index (χ2n) is 8.99. The van der Waals surface area contributed by atoms with Crippen LogP contribution in [0.15, 0.2) is 11.6 Å². The molecule has 3 fully saturated rings. The third-order valence-electron chi connectivity index (χ3n) is 8.14. The molecular weight excluding hydrogens is 256 g/mol. The lowest BCUT2D eigenvalue weighted by atomic mass is 9.45. The molecule has 4 aliphatic rings. The van der Waals surface area contributed by atoms with E-state index in [4.69, 9.17) is 0 Å². The van der Waals surface area contributed by atoms with Gasteiger partial charge in [-0.1, -0.05) is 32.8 Å². The van der Waals surface area contributed by atoms with Gasteiger partial charge in [0.15, 0.2) is 0 Å². The average molecular weight is 286 g/mol. The standard InChI is InChI=1S/C20H30O/c1-19-10-8-17-16(18(19)11-14(12-19)13-21)7-6-15-5-3-4-9-20(15,17)2/h12-13,15-18H,3-11H2,1-2H3/t15?,16-,17+,18+,19-,20+/m1/s1. The Morgan fingerprint density at radius 2 is 1.90 bits per heavy atom. The average Bonchev–Trinajstić information content (AvgIpc) is 2.83. The Morgan fingerprint density at radius 3 is 2.71 bits per heavy atom. The Labute approximate surface area is 129 Å². The maximum absolute atomic E-state index is 11.3. The van der Waals surface area contributed by atoms with E-state index in [2.05, 4.69) is 19.9 Å². The second-order valence-corrected chi connectivity index (χ2v) is 8.99. The fourth-order valence-electron chi connectivity index (χ4n) is 7.03. The first-order valence-corrected chi connectivity index (χ1v) is 9.24. The first-order valence-electron chi connectivity index (χ1n) is 9.24. The van der Waals surface area contributed by atoms with Crippen molar-refractivity contribution in [2.75, 3.05) is 0 Å². The molecule has 0 spiro atoms. The lowest BCUT2D eigenvalue weighted by Crippen LogP contribution is -2.51. The van der Waals surface area contributed by atoms with Crippen molar-refractivity contribution in [1.29, 1.82) is 0 Å². The van der Waals surface area contributed by atoms with Gasteiger partial charge in [0, 0.05) is 0 Å². The molecule has 116 valence electrons. The zero-order valence-corrected chi connectivity index (χ0v) is 13.7. The molecule has 0 heterocycles. The summed E-state index contributed by atoms with van der Waals surface area (Å²) in [6.07, 6.45) is 16.0. The molecule has 0 aliphatic heterocycles. The van der Waals surface area contributed by atoms with Crippen LogP contribution in [0.25, 0.3) is 0 Å². The molecule has 0 bridgehead atoms. The van der Waals surface area contributed by atoms with Gasteiger partial charge in [-0.25, -0.2) is 0 Å². The van der Waals surface area contributed by atoms with Crippen LogP contribution in [-0.2, 0) is 4.79 Å². The topological polar surface area (TPSA) is 17.1 Å². The van der Waals surface area contributed by atoms with E-state index in [0.29, 0.717) is 10.8 Å². The molecule has 0 aromatic carbocycles. The van der Waals surface area contributed by atoms with E-state index in [-0.39, 0.29) is 0 Å². The van der Waals surface area contributed by atoms with Crippen molar-refractivity contribution in [1.82, 2.24) is 0 Å². The summed E-state index contributed by atoms with van der Waals surface area (Å²) < 4.78 is 0. The first-order chi connectivity index (χ1) is 10.1. The van der Waals surface area contributed by atoms with E-state index in [0.717, 1.165) is 42.0 Å². The summed E-state index contributed by atoms with van der Waals surface area (Å²) in [5.41, 5.74) is 2.04. The largest absolute Gasteiger partial charge is 0.298 e. The Hall–Kier alpha value is -0.590. The molecule has 0 aromatic rings. The van der Waals surface area contributed by atoms with Gasteiger partial charge >= 0.3 is 0 Å². The third kappa shape index (κ3) is 1.92. The monoisotopic (exact) mass is 286 g/mol. The van der Waals surface area contributed by atoms with E-state index in [1.54, 1.807) is 0 Å². The van der Waals surface area contributed by atoms with Crippen LogP contribution in [0.5, 0.6) is 0 Å². The smallest absolute Gasteiger partial charge is 0.145 e. The minimum Gasteiger partial charge on any atom is -0.298 e. The predicted molar refractivity (Wildman–Crippen MR) is 85.9 cm³/mol. The molecule has 0 saturated heterocycles. The zero-order chi connectivity index (χ0) is 14.7. The van der Waals surface area contributed by atoms with Crippen LogP contribution >= 0.6 is 0 Å². The van der Waals surface area contributed by atoms with Gasteiger partial charge in [-0.2, -0.15) is 0 Å². The van der Waals surface area contributed by atoms with Crippen molar-refractivity contribution in [2.45, 2.75) is 71.6 Å². The van der Waals surface area contributed by atoms with Crippen molar-refractivity contribution in [2.24, 2.45) is 34.5 Å². The quantitative estimate of drug-likeness (QED) is 0.609. The fraction of sp³-hybridized carbons (Fsp3) is 0.850. The van der Waals surface area contributed by atoms with Gasteiger partial charge in [-0.15, -0.1) is 0 Å². The number of rotatable bonds is 1. The molecule has 0 aromatic heterocycles. The number of aldehydes is 1. The molecule has 1 nitrogen and oxygen atoms in total. The number of carbonyl (C=O) groups is 1. The molecule has 1 heteroatoms. The summed E-state index contributed by atoms with van der Waals surface area (Å²) in [6.45, 7) is 5.05. The molecule has 4 aliphatic carbocycles. The highest BCUT2D eigenvalue weighted by Crippen LogP contribution is 2.65. The Morgan fingerprint density at radius 1 is 1.05 bits per heavy atom. The van der Waals surface area contributed by atoms with Crippen molar-refractivity contribution in [3.8, 4) is 0 Å². The highest BCUT2D eigenvalue weighted by molar-refractivity contribution is 5.74. The van der Waals surface area contributed by atoms with E-state index in [1.165, 1.54) is 51.4 Å². The summed E-state index contributed by atoms with van der Waals surface area (Å²) in [5.74, 6) is 3.58. The van der Waals surface area contributed by atoms with Gasteiger partial charge in [0.1, 0.15) is 6.29 Å². The SMILES string of the molecule is C[C@@]12C=C(C=O)C[C@H]1[C@@H]1CCC3CCCC[C@]3(C)[C@H]1CC2. The van der Waals surface area contributed by atoms with Crippen LogP contribution in [0.3, 0.4) is 0 Å². The maximum atomic E-state index is 11.3. The molecule has 0 N–H and O–H groups in total. The zero-order valence-electron chi connectivity index (χ0n) is 13.7. The van der Waals surface area contributed by atoms with Crippen molar-refractivity contribution >= 4 is 6.29 Å². The van der Waals surface area contributed by atoms with E-state index >= 15 is 0 Å². The van der Waals surface area contributed by atoms with Crippen LogP contribution < -0.4 is 0 Å². The lowest BCUT2D eigenvalue weighted by Gasteiger charge is -2.59. The Bertz CT molecular complexity index is 478. The number of fused-ring (bicyclic) bond motifs is 5. The predicted octanol–water partition coefficient (Wildman–Crippen LogP) is 5.15. The number of hydrogen-bond acceptors (Lipinski definition) is 1. The van der Waals surface area contributed by atoms with Crippen LogP contribution in [0, 0.1) is 34.5 Å². The molecule has 3 saturated carbocycles. The lowest BCUT2D eigenvalue weighted by molar-refractivity contribution is -0.105. The van der Waals surface area contributed by atoms with Crippen molar-refractivity contribution < 1.29 is 4.79 Å². The summed E-state index contributed by atoms with van der Waals surface area (Å²) >= 11 is 0. The van der Waals surface area contributed by atoms with Crippen LogP contribution in [0.1, 0.15) is 71.6 Å². The molecular formula is C20H30O. The van der Waals surface area contributed by atoms with E-state index in [1.807, 2.05) is 0 Å². The van der Waals surface area contributed by atoms with Crippen LogP contribution in [0.4, 0.5) is 0 Å². The molecule has 1 unspecified atom stereocenters. The van der Waals surface area contributed by atoms with E-state index < -0.39 is 0 Å². The van der Waals surface area contributed by atoms with Gasteiger partial charge in [-0.3, -0.25) is 4.79 Å². The second kappa shape index (κ2) is 4.70. The Balaban J connectivity index is 1.64. The molecule has 0 amide bonds. The first kappa shape index (κ1) is 14.0.